The van der Waals surface area contributed by atoms with Gasteiger partial charge in [0.05, 0.1) is 0 Å². The fourth-order valence-electron chi connectivity index (χ4n) is 6.21. The molecule has 0 bridgehead atoms. The van der Waals surface area contributed by atoms with Gasteiger partial charge in [0.2, 0.25) is 0 Å². The molecule has 0 radical (unpaired) electrons. The molecule has 41 heavy (non-hydrogen) atoms. The maximum absolute atomic E-state index is 6.45. The standard InChI is InChI=1S/2C17H39NS2.Ni/c2*1-5-9-13-20(17(18)19,14-10-6-2,15-11-7-3)16-12-8-4;/h2*19H,5-16,18H2,1-4H3;/q;;+2/p-2. The first-order valence-electron chi connectivity index (χ1n) is 17.4. The predicted molar refractivity (Wildman–Crippen MR) is 207 cm³/mol. The van der Waals surface area contributed by atoms with Gasteiger partial charge in [0, 0.05) is 0 Å². The van der Waals surface area contributed by atoms with Gasteiger partial charge in [-0.1, -0.05) is 107 Å². The Bertz CT molecular complexity index is 598. The fraction of sp³-hybridized carbons (Fsp3) is 0.941. The largest absolute Gasteiger partial charge is 2.00 e. The van der Waals surface area contributed by atoms with Crippen LogP contribution in [-0.2, 0) is 41.7 Å². The van der Waals surface area contributed by atoms with Gasteiger partial charge >= 0.3 is 16.5 Å². The van der Waals surface area contributed by atoms with E-state index in [1.165, 1.54) is 149 Å². The summed E-state index contributed by atoms with van der Waals surface area (Å²) in [4.78, 5) is 0. The minimum absolute atomic E-state index is 0. The van der Waals surface area contributed by atoms with Crippen molar-refractivity contribution in [1.29, 1.82) is 0 Å². The van der Waals surface area contributed by atoms with Crippen molar-refractivity contribution in [2.75, 3.05) is 46.0 Å². The normalized spacial score (nSPS) is 13.7. The molecule has 0 aromatic carbocycles. The van der Waals surface area contributed by atoms with E-state index in [1.54, 1.807) is 0 Å². The molecule has 2 nitrogen and oxygen atoms in total. The Hall–Kier alpha value is 1.55. The predicted octanol–water partition coefficient (Wildman–Crippen LogP) is 10.2. The summed E-state index contributed by atoms with van der Waals surface area (Å²) in [5.41, 5.74) is 12.9. The SMILES string of the molecule is CCCCS(CCCC)(CCCC)(CCCC)=C(N)[S-].CCCCS(CCCC)(CCCC)(CCCC)=C(N)[S-].[Ni+2]. The molecule has 0 fully saturated rings. The van der Waals surface area contributed by atoms with Crippen LogP contribution in [0.2, 0.25) is 0 Å². The molecule has 0 atom stereocenters. The zero-order valence-electron chi connectivity index (χ0n) is 29.1. The molecule has 0 spiro atoms. The molecular formula is C34H76N2NiS4. The second-order valence-corrected chi connectivity index (χ2v) is 25.5. The van der Waals surface area contributed by atoms with Crippen LogP contribution in [0.5, 0.6) is 0 Å². The molecule has 0 aliphatic heterocycles. The Labute approximate surface area is 281 Å². The third kappa shape index (κ3) is 15.1. The third-order valence-corrected chi connectivity index (χ3v) is 25.4. The number of nitrogens with two attached hydrogens (primary N) is 2. The first-order chi connectivity index (χ1) is 19.0. The maximum atomic E-state index is 6.45. The van der Waals surface area contributed by atoms with Gasteiger partial charge in [-0.15, -0.1) is 8.64 Å². The molecule has 0 aliphatic rings. The van der Waals surface area contributed by atoms with E-state index in [0.29, 0.717) is 0 Å². The summed E-state index contributed by atoms with van der Waals surface area (Å²) in [6.07, 6.45) is 20.5. The van der Waals surface area contributed by atoms with Crippen molar-refractivity contribution in [3.05, 3.63) is 0 Å². The van der Waals surface area contributed by atoms with Gasteiger partial charge in [-0.3, -0.25) is 17.5 Å². The summed E-state index contributed by atoms with van der Waals surface area (Å²) in [6, 6.07) is 0. The Kier molecular flexibility index (Phi) is 29.5. The summed E-state index contributed by atoms with van der Waals surface area (Å²) < 4.78 is 1.84. The van der Waals surface area contributed by atoms with E-state index in [1.807, 2.05) is 0 Å². The third-order valence-electron chi connectivity index (χ3n) is 9.40. The van der Waals surface area contributed by atoms with Crippen LogP contribution in [0.25, 0.3) is 0 Å². The zero-order chi connectivity index (χ0) is 31.0. The molecule has 256 valence electrons. The van der Waals surface area contributed by atoms with Gasteiger partial charge in [0.25, 0.3) is 0 Å². The molecule has 7 heteroatoms. The molecule has 4 N–H and O–H groups in total. The summed E-state index contributed by atoms with van der Waals surface area (Å²) >= 11 is 11.4. The molecule has 0 saturated heterocycles. The average Bonchev–Trinajstić information content (AvgIpc) is 2.96. The molecule has 0 aromatic heterocycles. The van der Waals surface area contributed by atoms with Gasteiger partial charge in [-0.2, -0.15) is 0 Å². The van der Waals surface area contributed by atoms with E-state index in [2.05, 4.69) is 55.4 Å². The van der Waals surface area contributed by atoms with Crippen molar-refractivity contribution in [3.63, 3.8) is 0 Å². The molecule has 0 rings (SSSR count). The Morgan fingerprint density at radius 1 is 0.366 bits per heavy atom. The molecule has 0 saturated carbocycles. The van der Waals surface area contributed by atoms with Gasteiger partial charge in [-0.05, 0) is 97.4 Å². The average molecular weight is 700 g/mol. The van der Waals surface area contributed by atoms with E-state index in [4.69, 9.17) is 36.7 Å². The van der Waals surface area contributed by atoms with Gasteiger partial charge in [0.15, 0.2) is 0 Å². The summed E-state index contributed by atoms with van der Waals surface area (Å²) in [6.45, 7) is 18.3. The van der Waals surface area contributed by atoms with Crippen LogP contribution in [0.15, 0.2) is 0 Å². The first-order valence-corrected chi connectivity index (χ1v) is 23.6. The maximum Gasteiger partial charge on any atom is 2.00 e. The summed E-state index contributed by atoms with van der Waals surface area (Å²) in [5, 5.41) is 0. The van der Waals surface area contributed by atoms with Crippen LogP contribution in [0, 0.1) is 0 Å². The van der Waals surface area contributed by atoms with E-state index < -0.39 is 17.5 Å². The second kappa shape index (κ2) is 25.7. The molecule has 0 aromatic rings. The molecular weight excluding hydrogens is 623 g/mol. The Morgan fingerprint density at radius 3 is 0.561 bits per heavy atom. The minimum atomic E-state index is -1.69. The van der Waals surface area contributed by atoms with E-state index in [-0.39, 0.29) is 16.5 Å². The molecule has 0 aliphatic carbocycles. The van der Waals surface area contributed by atoms with E-state index >= 15 is 0 Å². The Morgan fingerprint density at radius 2 is 0.488 bits per heavy atom. The van der Waals surface area contributed by atoms with Crippen LogP contribution < -0.4 is 11.5 Å². The smallest absolute Gasteiger partial charge is 0.741 e. The number of unbranched alkanes of at least 4 members (excludes halogenated alkanes) is 8. The minimum Gasteiger partial charge on any atom is -0.741 e. The first kappa shape index (κ1) is 47.0. The number of hydrogen-bond acceptors (Lipinski definition) is 2. The Balaban J connectivity index is -0.000000688. The monoisotopic (exact) mass is 698 g/mol. The molecule has 0 unspecified atom stereocenters. The van der Waals surface area contributed by atoms with Gasteiger partial charge in [-0.25, -0.2) is 0 Å². The van der Waals surface area contributed by atoms with Crippen molar-refractivity contribution in [1.82, 2.24) is 0 Å². The molecule has 0 heterocycles. The van der Waals surface area contributed by atoms with Crippen LogP contribution in [0.3, 0.4) is 0 Å². The van der Waals surface area contributed by atoms with Crippen LogP contribution in [-0.4, -0.2) is 54.7 Å². The van der Waals surface area contributed by atoms with Crippen LogP contribution >= 0.6 is 17.5 Å². The molecule has 0 amide bonds. The van der Waals surface area contributed by atoms with Crippen molar-refractivity contribution in [2.24, 2.45) is 11.5 Å². The van der Waals surface area contributed by atoms with Crippen LogP contribution in [0.1, 0.15) is 158 Å². The van der Waals surface area contributed by atoms with Crippen molar-refractivity contribution in [3.8, 4) is 0 Å². The quantitative estimate of drug-likeness (QED) is 0.0598. The number of rotatable bonds is 24. The van der Waals surface area contributed by atoms with Crippen LogP contribution in [0.4, 0.5) is 0 Å². The summed E-state index contributed by atoms with van der Waals surface area (Å²) in [5.74, 6) is 10.5. The van der Waals surface area contributed by atoms with Gasteiger partial charge < -0.3 is 36.7 Å². The van der Waals surface area contributed by atoms with Crippen molar-refractivity contribution >= 4 is 51.4 Å². The summed E-state index contributed by atoms with van der Waals surface area (Å²) in [7, 11) is -3.38. The topological polar surface area (TPSA) is 52.0 Å². The van der Waals surface area contributed by atoms with Gasteiger partial charge in [0.1, 0.15) is 0 Å². The van der Waals surface area contributed by atoms with Crippen molar-refractivity contribution < 1.29 is 16.5 Å². The van der Waals surface area contributed by atoms with E-state index in [0.717, 1.165) is 8.64 Å². The van der Waals surface area contributed by atoms with E-state index in [9.17, 15) is 0 Å². The fourth-order valence-corrected chi connectivity index (χ4v) is 20.6. The zero-order valence-corrected chi connectivity index (χ0v) is 33.3. The number of hydrogen-bond donors (Lipinski definition) is 2. The second-order valence-electron chi connectivity index (χ2n) is 12.7. The van der Waals surface area contributed by atoms with Crippen molar-refractivity contribution in [2.45, 2.75) is 158 Å².